The molecule has 10 heteroatoms. The Labute approximate surface area is 198 Å². The van der Waals surface area contributed by atoms with Crippen molar-refractivity contribution >= 4 is 35.2 Å². The van der Waals surface area contributed by atoms with E-state index in [-0.39, 0.29) is 34.5 Å². The lowest BCUT2D eigenvalue weighted by molar-refractivity contribution is -0.384. The largest absolute Gasteiger partial charge is 0.493 e. The number of carbonyl (C=O) groups is 1. The predicted octanol–water partition coefficient (Wildman–Crippen LogP) is 5.32. The highest BCUT2D eigenvalue weighted by atomic mass is 35.5. The molecular formula is C24H16ClFN2O6. The summed E-state index contributed by atoms with van der Waals surface area (Å²) in [6, 6.07) is 15.1. The molecule has 0 amide bonds. The summed E-state index contributed by atoms with van der Waals surface area (Å²) < 4.78 is 30.1. The maximum absolute atomic E-state index is 13.9. The first kappa shape index (κ1) is 22.9. The summed E-state index contributed by atoms with van der Waals surface area (Å²) in [5, 5.41) is 11.1. The van der Waals surface area contributed by atoms with Gasteiger partial charge in [-0.2, -0.15) is 0 Å². The predicted molar refractivity (Wildman–Crippen MR) is 122 cm³/mol. The lowest BCUT2D eigenvalue weighted by atomic mass is 10.1. The average Bonchev–Trinajstić information content (AvgIpc) is 3.18. The summed E-state index contributed by atoms with van der Waals surface area (Å²) in [4.78, 5) is 27.0. The molecule has 0 aliphatic carbocycles. The van der Waals surface area contributed by atoms with E-state index in [1.807, 2.05) is 0 Å². The van der Waals surface area contributed by atoms with Crippen LogP contribution in [0.15, 0.2) is 71.4 Å². The first-order chi connectivity index (χ1) is 16.4. The maximum atomic E-state index is 13.9. The summed E-state index contributed by atoms with van der Waals surface area (Å²) in [6.07, 6.45) is 1.47. The number of methoxy groups -OCH3 is 1. The number of nitro groups is 1. The van der Waals surface area contributed by atoms with Crippen molar-refractivity contribution in [3.63, 3.8) is 0 Å². The Bertz CT molecular complexity index is 1360. The van der Waals surface area contributed by atoms with E-state index >= 15 is 0 Å². The number of halogens is 2. The van der Waals surface area contributed by atoms with Crippen molar-refractivity contribution in [2.45, 2.75) is 6.61 Å². The Morgan fingerprint density at radius 3 is 2.68 bits per heavy atom. The number of hydrogen-bond acceptors (Lipinski definition) is 7. The lowest BCUT2D eigenvalue weighted by Crippen LogP contribution is -2.06. The summed E-state index contributed by atoms with van der Waals surface area (Å²) in [5.74, 6) is -0.440. The van der Waals surface area contributed by atoms with Gasteiger partial charge in [0.2, 0.25) is 5.90 Å². The molecule has 0 atom stereocenters. The van der Waals surface area contributed by atoms with E-state index in [2.05, 4.69) is 4.99 Å². The molecular weight excluding hydrogens is 467 g/mol. The third-order valence-corrected chi connectivity index (χ3v) is 5.16. The molecule has 34 heavy (non-hydrogen) atoms. The van der Waals surface area contributed by atoms with Crippen LogP contribution in [0.3, 0.4) is 0 Å². The van der Waals surface area contributed by atoms with Crippen LogP contribution in [0.2, 0.25) is 5.02 Å². The number of aliphatic imine (C=N–C) groups is 1. The van der Waals surface area contributed by atoms with Gasteiger partial charge in [-0.25, -0.2) is 14.2 Å². The van der Waals surface area contributed by atoms with E-state index in [1.54, 1.807) is 36.4 Å². The molecule has 0 unspecified atom stereocenters. The van der Waals surface area contributed by atoms with E-state index in [4.69, 9.17) is 25.8 Å². The van der Waals surface area contributed by atoms with Crippen molar-refractivity contribution in [3.05, 3.63) is 104 Å². The van der Waals surface area contributed by atoms with E-state index in [9.17, 15) is 19.3 Å². The molecule has 3 aromatic carbocycles. The van der Waals surface area contributed by atoms with Gasteiger partial charge in [0.05, 0.1) is 12.0 Å². The summed E-state index contributed by atoms with van der Waals surface area (Å²) >= 11 is 5.83. The van der Waals surface area contributed by atoms with Gasteiger partial charge in [0.15, 0.2) is 17.2 Å². The van der Waals surface area contributed by atoms with Gasteiger partial charge in [0, 0.05) is 17.2 Å². The second-order valence-electron chi connectivity index (χ2n) is 7.05. The maximum Gasteiger partial charge on any atom is 0.363 e. The minimum atomic E-state index is -0.725. The van der Waals surface area contributed by atoms with Crippen LogP contribution in [0.1, 0.15) is 16.7 Å². The van der Waals surface area contributed by atoms with Gasteiger partial charge in [-0.05, 0) is 42.0 Å². The molecule has 0 spiro atoms. The zero-order valence-corrected chi connectivity index (χ0v) is 18.4. The molecule has 8 nitrogen and oxygen atoms in total. The van der Waals surface area contributed by atoms with E-state index in [0.29, 0.717) is 22.6 Å². The molecule has 0 aromatic heterocycles. The monoisotopic (exact) mass is 482 g/mol. The standard InChI is InChI=1S/C24H16ClFN2O6/c1-32-21-9-6-14(11-22(21)33-13-16-4-2-3-5-18(16)26)10-19-24(29)34-23(27-19)15-7-8-17(25)20(12-15)28(30)31/h2-12H,13H2,1H3. The highest BCUT2D eigenvalue weighted by Crippen LogP contribution is 2.31. The fourth-order valence-corrected chi connectivity index (χ4v) is 3.33. The number of cyclic esters (lactones) is 1. The van der Waals surface area contributed by atoms with Gasteiger partial charge >= 0.3 is 5.97 Å². The number of benzene rings is 3. The quantitative estimate of drug-likeness (QED) is 0.195. The first-order valence-corrected chi connectivity index (χ1v) is 10.2. The molecule has 0 fully saturated rings. The minimum Gasteiger partial charge on any atom is -0.493 e. The van der Waals surface area contributed by atoms with Crippen molar-refractivity contribution < 1.29 is 28.3 Å². The fraction of sp³-hybridized carbons (Fsp3) is 0.0833. The van der Waals surface area contributed by atoms with Crippen molar-refractivity contribution in [1.29, 1.82) is 0 Å². The third kappa shape index (κ3) is 4.89. The zero-order valence-electron chi connectivity index (χ0n) is 17.7. The van der Waals surface area contributed by atoms with Gasteiger partial charge in [0.25, 0.3) is 5.69 Å². The molecule has 0 N–H and O–H groups in total. The summed E-state index contributed by atoms with van der Waals surface area (Å²) in [5.41, 5.74) is 0.804. The van der Waals surface area contributed by atoms with Crippen LogP contribution < -0.4 is 9.47 Å². The molecule has 0 radical (unpaired) electrons. The van der Waals surface area contributed by atoms with Crippen LogP contribution in [0, 0.1) is 15.9 Å². The smallest absolute Gasteiger partial charge is 0.363 e. The van der Waals surface area contributed by atoms with E-state index < -0.39 is 16.7 Å². The summed E-state index contributed by atoms with van der Waals surface area (Å²) in [6.45, 7) is -0.0251. The molecule has 172 valence electrons. The summed E-state index contributed by atoms with van der Waals surface area (Å²) in [7, 11) is 1.47. The number of nitrogens with zero attached hydrogens (tertiary/aromatic N) is 2. The van der Waals surface area contributed by atoms with Crippen molar-refractivity contribution in [2.24, 2.45) is 4.99 Å². The number of rotatable bonds is 7. The molecule has 0 saturated carbocycles. The van der Waals surface area contributed by atoms with E-state index in [1.165, 1.54) is 37.5 Å². The van der Waals surface area contributed by atoms with Crippen molar-refractivity contribution in [2.75, 3.05) is 7.11 Å². The number of nitro benzene ring substituents is 1. The SMILES string of the molecule is COc1ccc(C=C2N=C(c3ccc(Cl)c([N+](=O)[O-])c3)OC2=O)cc1OCc1ccccc1F. The van der Waals surface area contributed by atoms with Gasteiger partial charge in [-0.3, -0.25) is 10.1 Å². The van der Waals surface area contributed by atoms with Gasteiger partial charge in [-0.1, -0.05) is 35.9 Å². The Kier molecular flexibility index (Phi) is 6.55. The highest BCUT2D eigenvalue weighted by Gasteiger charge is 2.26. The Hall–Kier alpha value is -4.24. The van der Waals surface area contributed by atoms with Crippen molar-refractivity contribution in [1.82, 2.24) is 0 Å². The zero-order chi connectivity index (χ0) is 24.2. The van der Waals surface area contributed by atoms with Crippen LogP contribution in [-0.2, 0) is 16.1 Å². The lowest BCUT2D eigenvalue weighted by Gasteiger charge is -2.12. The van der Waals surface area contributed by atoms with Crippen LogP contribution in [-0.4, -0.2) is 23.9 Å². The minimum absolute atomic E-state index is 0.0159. The average molecular weight is 483 g/mol. The van der Waals surface area contributed by atoms with Crippen LogP contribution >= 0.6 is 11.6 Å². The Balaban J connectivity index is 1.61. The van der Waals surface area contributed by atoms with Gasteiger partial charge < -0.3 is 14.2 Å². The second kappa shape index (κ2) is 9.72. The third-order valence-electron chi connectivity index (χ3n) is 4.84. The second-order valence-corrected chi connectivity index (χ2v) is 7.46. The fourth-order valence-electron chi connectivity index (χ4n) is 3.14. The first-order valence-electron chi connectivity index (χ1n) is 9.87. The molecule has 1 aliphatic rings. The molecule has 1 aliphatic heterocycles. The molecule has 0 bridgehead atoms. The molecule has 0 saturated heterocycles. The topological polar surface area (TPSA) is 100 Å². The number of esters is 1. The van der Waals surface area contributed by atoms with Crippen LogP contribution in [0.4, 0.5) is 10.1 Å². The number of carbonyl (C=O) groups excluding carboxylic acids is 1. The Morgan fingerprint density at radius 2 is 1.94 bits per heavy atom. The molecule has 3 aromatic rings. The van der Waals surface area contributed by atoms with Crippen LogP contribution in [0.5, 0.6) is 11.5 Å². The normalized spacial score (nSPS) is 14.0. The van der Waals surface area contributed by atoms with Crippen molar-refractivity contribution in [3.8, 4) is 11.5 Å². The number of ether oxygens (including phenoxy) is 3. The Morgan fingerprint density at radius 1 is 1.15 bits per heavy atom. The van der Waals surface area contributed by atoms with Gasteiger partial charge in [-0.15, -0.1) is 0 Å². The van der Waals surface area contributed by atoms with Gasteiger partial charge in [0.1, 0.15) is 17.4 Å². The highest BCUT2D eigenvalue weighted by molar-refractivity contribution is 6.32. The molecule has 4 rings (SSSR count). The van der Waals surface area contributed by atoms with E-state index in [0.717, 1.165) is 0 Å². The number of hydrogen-bond donors (Lipinski definition) is 0. The molecule has 1 heterocycles. The van der Waals surface area contributed by atoms with Crippen LogP contribution in [0.25, 0.3) is 6.08 Å².